The normalized spacial score (nSPS) is 12.4. The topological polar surface area (TPSA) is 126 Å². The van der Waals surface area contributed by atoms with Gasteiger partial charge < -0.3 is 30.0 Å². The van der Waals surface area contributed by atoms with E-state index < -0.39 is 23.6 Å². The fourth-order valence-electron chi connectivity index (χ4n) is 1.57. The number of methoxy groups -OCH3 is 1. The number of nitrogens with two attached hydrogens (primary N) is 1. The summed E-state index contributed by atoms with van der Waals surface area (Å²) in [5.74, 6) is -1.18. The Hall–Kier alpha value is -1.71. The van der Waals surface area contributed by atoms with Crippen LogP contribution in [-0.4, -0.2) is 69.6 Å². The van der Waals surface area contributed by atoms with Crippen LogP contribution in [-0.2, 0) is 33.3 Å². The van der Waals surface area contributed by atoms with E-state index in [0.29, 0.717) is 19.8 Å². The predicted molar refractivity (Wildman–Crippen MR) is 89.7 cm³/mol. The number of carbonyl (C=O) groups excluding carboxylic acids is 3. The molecule has 0 unspecified atom stereocenters. The van der Waals surface area contributed by atoms with E-state index in [2.05, 4.69) is 10.1 Å². The zero-order valence-corrected chi connectivity index (χ0v) is 15.5. The molecule has 0 bridgehead atoms. The fraction of sp³-hybridized carbons (Fsp3) is 0.812. The maximum Gasteiger partial charge on any atom is 0.331 e. The summed E-state index contributed by atoms with van der Waals surface area (Å²) < 4.78 is 19.8. The van der Waals surface area contributed by atoms with E-state index in [-0.39, 0.29) is 32.0 Å². The zero-order chi connectivity index (χ0) is 19.3. The van der Waals surface area contributed by atoms with Crippen LogP contribution in [0, 0.1) is 0 Å². The number of hydrogen-bond donors (Lipinski definition) is 2. The van der Waals surface area contributed by atoms with Gasteiger partial charge in [0, 0.05) is 13.0 Å². The molecule has 25 heavy (non-hydrogen) atoms. The SMILES string of the molecule is COC(=O)COCCOCCNC(=O)CC[C@H](N)C(=O)OC(C)(C)C. The van der Waals surface area contributed by atoms with Crippen LogP contribution < -0.4 is 11.1 Å². The fourth-order valence-corrected chi connectivity index (χ4v) is 1.57. The molecule has 146 valence electrons. The molecule has 0 aliphatic carbocycles. The van der Waals surface area contributed by atoms with Crippen LogP contribution in [0.25, 0.3) is 0 Å². The molecule has 0 aromatic heterocycles. The van der Waals surface area contributed by atoms with Crippen LogP contribution in [0.2, 0.25) is 0 Å². The van der Waals surface area contributed by atoms with Crippen LogP contribution in [0.5, 0.6) is 0 Å². The van der Waals surface area contributed by atoms with Gasteiger partial charge in [0.15, 0.2) is 0 Å². The summed E-state index contributed by atoms with van der Waals surface area (Å²) in [5, 5.41) is 2.66. The minimum absolute atomic E-state index is 0.117. The van der Waals surface area contributed by atoms with Gasteiger partial charge in [-0.2, -0.15) is 0 Å². The van der Waals surface area contributed by atoms with Gasteiger partial charge in [-0.1, -0.05) is 0 Å². The average Bonchev–Trinajstić information content (AvgIpc) is 2.52. The van der Waals surface area contributed by atoms with Crippen LogP contribution in [0.15, 0.2) is 0 Å². The van der Waals surface area contributed by atoms with E-state index in [9.17, 15) is 14.4 Å². The van der Waals surface area contributed by atoms with Gasteiger partial charge in [-0.05, 0) is 27.2 Å². The van der Waals surface area contributed by atoms with E-state index in [1.807, 2.05) is 0 Å². The molecular formula is C16H30N2O7. The van der Waals surface area contributed by atoms with Crippen LogP contribution in [0.3, 0.4) is 0 Å². The summed E-state index contributed by atoms with van der Waals surface area (Å²) in [5.41, 5.74) is 5.10. The highest BCUT2D eigenvalue weighted by atomic mass is 16.6. The summed E-state index contributed by atoms with van der Waals surface area (Å²) in [7, 11) is 1.28. The molecule has 0 saturated heterocycles. The molecule has 0 aliphatic rings. The van der Waals surface area contributed by atoms with E-state index in [0.717, 1.165) is 0 Å². The van der Waals surface area contributed by atoms with Crippen molar-refractivity contribution >= 4 is 17.8 Å². The van der Waals surface area contributed by atoms with Crippen molar-refractivity contribution in [2.45, 2.75) is 45.3 Å². The Balaban J connectivity index is 3.61. The minimum Gasteiger partial charge on any atom is -0.467 e. The second-order valence-electron chi connectivity index (χ2n) is 6.27. The molecule has 0 saturated carbocycles. The van der Waals surface area contributed by atoms with E-state index in [1.165, 1.54) is 7.11 Å². The van der Waals surface area contributed by atoms with Gasteiger partial charge in [-0.25, -0.2) is 4.79 Å². The molecule has 0 rings (SSSR count). The maximum atomic E-state index is 11.7. The molecule has 9 heteroatoms. The molecule has 1 amide bonds. The Bertz CT molecular complexity index is 421. The third-order valence-electron chi connectivity index (χ3n) is 2.78. The quantitative estimate of drug-likeness (QED) is 0.360. The van der Waals surface area contributed by atoms with Gasteiger partial charge in [-0.15, -0.1) is 0 Å². The molecule has 0 spiro atoms. The number of carbonyl (C=O) groups is 3. The van der Waals surface area contributed by atoms with E-state index in [1.54, 1.807) is 20.8 Å². The first-order valence-corrected chi connectivity index (χ1v) is 8.13. The van der Waals surface area contributed by atoms with Crippen molar-refractivity contribution in [3.05, 3.63) is 0 Å². The molecule has 0 aliphatic heterocycles. The molecule has 0 heterocycles. The summed E-state index contributed by atoms with van der Waals surface area (Å²) in [6, 6.07) is -0.826. The van der Waals surface area contributed by atoms with Gasteiger partial charge in [0.25, 0.3) is 0 Å². The van der Waals surface area contributed by atoms with Gasteiger partial charge in [0.05, 0.1) is 26.9 Å². The highest BCUT2D eigenvalue weighted by Gasteiger charge is 2.22. The van der Waals surface area contributed by atoms with Crippen molar-refractivity contribution in [2.24, 2.45) is 5.73 Å². The first-order valence-electron chi connectivity index (χ1n) is 8.13. The smallest absolute Gasteiger partial charge is 0.331 e. The first kappa shape index (κ1) is 23.3. The van der Waals surface area contributed by atoms with Crippen molar-refractivity contribution < 1.29 is 33.3 Å². The van der Waals surface area contributed by atoms with Gasteiger partial charge in [0.1, 0.15) is 18.2 Å². The molecule has 9 nitrogen and oxygen atoms in total. The van der Waals surface area contributed by atoms with Crippen molar-refractivity contribution in [3.63, 3.8) is 0 Å². The van der Waals surface area contributed by atoms with Crippen molar-refractivity contribution in [1.29, 1.82) is 0 Å². The Morgan fingerprint density at radius 1 is 1.08 bits per heavy atom. The lowest BCUT2D eigenvalue weighted by atomic mass is 10.1. The molecule has 0 radical (unpaired) electrons. The third kappa shape index (κ3) is 14.3. The molecule has 0 fully saturated rings. The van der Waals surface area contributed by atoms with Gasteiger partial charge >= 0.3 is 11.9 Å². The lowest BCUT2D eigenvalue weighted by Crippen LogP contribution is -2.38. The number of hydrogen-bond acceptors (Lipinski definition) is 8. The van der Waals surface area contributed by atoms with E-state index >= 15 is 0 Å². The van der Waals surface area contributed by atoms with Crippen molar-refractivity contribution in [2.75, 3.05) is 40.1 Å². The summed E-state index contributed by atoms with van der Waals surface area (Å²) in [6.45, 7) is 6.35. The molecule has 0 aromatic carbocycles. The number of ether oxygens (including phenoxy) is 4. The van der Waals surface area contributed by atoms with Gasteiger partial charge in [0.2, 0.25) is 5.91 Å². The number of esters is 2. The first-order chi connectivity index (χ1) is 11.7. The molecular weight excluding hydrogens is 332 g/mol. The number of amides is 1. The highest BCUT2D eigenvalue weighted by molar-refractivity contribution is 5.79. The van der Waals surface area contributed by atoms with Crippen LogP contribution in [0.4, 0.5) is 0 Å². The van der Waals surface area contributed by atoms with Crippen LogP contribution >= 0.6 is 0 Å². The molecule has 0 aromatic rings. The lowest BCUT2D eigenvalue weighted by Gasteiger charge is -2.22. The lowest BCUT2D eigenvalue weighted by molar-refractivity contribution is -0.156. The standard InChI is InChI=1S/C16H30N2O7/c1-16(2,3)25-15(21)12(17)5-6-13(19)18-7-8-23-9-10-24-11-14(20)22-4/h12H,5-11,17H2,1-4H3,(H,18,19)/t12-/m0/s1. The minimum atomic E-state index is -0.826. The number of rotatable bonds is 12. The molecule has 1 atom stereocenters. The largest absolute Gasteiger partial charge is 0.467 e. The third-order valence-corrected chi connectivity index (χ3v) is 2.78. The zero-order valence-electron chi connectivity index (χ0n) is 15.5. The Morgan fingerprint density at radius 2 is 1.72 bits per heavy atom. The summed E-state index contributed by atoms with van der Waals surface area (Å²) >= 11 is 0. The predicted octanol–water partition coefficient (Wildman–Crippen LogP) is -0.242. The Labute approximate surface area is 148 Å². The van der Waals surface area contributed by atoms with E-state index in [4.69, 9.17) is 19.9 Å². The highest BCUT2D eigenvalue weighted by Crippen LogP contribution is 2.09. The Kier molecular flexibility index (Phi) is 11.8. The average molecular weight is 362 g/mol. The number of nitrogens with one attached hydrogen (secondary N) is 1. The maximum absolute atomic E-state index is 11.7. The van der Waals surface area contributed by atoms with Gasteiger partial charge in [-0.3, -0.25) is 9.59 Å². The molecule has 3 N–H and O–H groups in total. The monoisotopic (exact) mass is 362 g/mol. The second-order valence-corrected chi connectivity index (χ2v) is 6.27. The van der Waals surface area contributed by atoms with Crippen LogP contribution in [0.1, 0.15) is 33.6 Å². The van der Waals surface area contributed by atoms with Crippen molar-refractivity contribution in [1.82, 2.24) is 5.32 Å². The summed E-state index contributed by atoms with van der Waals surface area (Å²) in [4.78, 5) is 34.1. The Morgan fingerprint density at radius 3 is 2.32 bits per heavy atom. The second kappa shape index (κ2) is 12.6. The summed E-state index contributed by atoms with van der Waals surface area (Å²) in [6.07, 6.45) is 0.339. The van der Waals surface area contributed by atoms with Crippen molar-refractivity contribution in [3.8, 4) is 0 Å².